The molecular weight excluding hydrogens is 387 g/mol. The molecule has 0 saturated carbocycles. The zero-order valence-electron chi connectivity index (χ0n) is 14.9. The van der Waals surface area contributed by atoms with Crippen molar-refractivity contribution in [1.82, 2.24) is 0 Å². The predicted molar refractivity (Wildman–Crippen MR) is 101 cm³/mol. The Labute approximate surface area is 174 Å². The molecule has 0 aliphatic heterocycles. The van der Waals surface area contributed by atoms with Crippen molar-refractivity contribution in [2.75, 3.05) is 11.9 Å². The molecule has 3 aromatic rings. The van der Waals surface area contributed by atoms with Crippen LogP contribution in [0.4, 0.5) is 5.69 Å². The van der Waals surface area contributed by atoms with Gasteiger partial charge in [-0.15, -0.1) is 5.56 Å². The maximum Gasteiger partial charge on any atom is 0.193 e. The Morgan fingerprint density at radius 3 is 2.48 bits per heavy atom. The smallest absolute Gasteiger partial charge is 0.193 e. The fraction of sp³-hybridized carbons (Fsp3) is 0.143. The topological polar surface area (TPSA) is 33.5 Å². The van der Waals surface area contributed by atoms with Crippen molar-refractivity contribution in [3.05, 3.63) is 89.6 Å². The van der Waals surface area contributed by atoms with E-state index in [-0.39, 0.29) is 38.1 Å². The third kappa shape index (κ3) is 4.68. The molecule has 0 fully saturated rings. The van der Waals surface area contributed by atoms with Crippen LogP contribution in [0.15, 0.2) is 64.3 Å². The Bertz CT molecular complexity index is 901. The van der Waals surface area contributed by atoms with E-state index < -0.39 is 0 Å². The summed E-state index contributed by atoms with van der Waals surface area (Å²) in [5.41, 5.74) is 3.18. The van der Waals surface area contributed by atoms with Gasteiger partial charge in [0.05, 0.1) is 11.1 Å². The molecule has 25 heavy (non-hydrogen) atoms. The second-order valence-corrected chi connectivity index (χ2v) is 5.17. The standard InChI is InChI=1S/C19H16NO2.C2H5.Y/c1-13-12-18(21)16-10-7-11-17(19(16)22-13)20(3)14(2)15-8-5-4-6-9-15;1-2;/h5-12H,2H2,1,3H3;1H2,2H3;/q2*-1;. The SMILES string of the molecule is C=C(c1cc[c-]cc1)N(C)c1cccc2c(=O)cc(C)oc12.[CH2-]C.[Y]. The zero-order chi connectivity index (χ0) is 17.7. The minimum absolute atomic E-state index is 0. The van der Waals surface area contributed by atoms with Crippen LogP contribution in [0.25, 0.3) is 16.7 Å². The zero-order valence-corrected chi connectivity index (χ0v) is 17.7. The van der Waals surface area contributed by atoms with Gasteiger partial charge < -0.3 is 16.2 Å². The van der Waals surface area contributed by atoms with Crippen LogP contribution in [0.3, 0.4) is 0 Å². The van der Waals surface area contributed by atoms with Gasteiger partial charge in [0, 0.05) is 51.5 Å². The second-order valence-electron chi connectivity index (χ2n) is 5.17. The van der Waals surface area contributed by atoms with Crippen LogP contribution >= 0.6 is 0 Å². The molecule has 3 rings (SSSR count). The van der Waals surface area contributed by atoms with Crippen LogP contribution in [0.2, 0.25) is 0 Å². The largest absolute Gasteiger partial charge is 0.459 e. The molecule has 127 valence electrons. The van der Waals surface area contributed by atoms with Gasteiger partial charge in [-0.3, -0.25) is 4.79 Å². The molecule has 3 nitrogen and oxygen atoms in total. The third-order valence-electron chi connectivity index (χ3n) is 3.67. The molecule has 1 aromatic heterocycles. The average Bonchev–Trinajstić information content (AvgIpc) is 2.62. The number of hydrogen-bond donors (Lipinski definition) is 0. The van der Waals surface area contributed by atoms with E-state index in [2.05, 4.69) is 19.6 Å². The summed E-state index contributed by atoms with van der Waals surface area (Å²) >= 11 is 0. The summed E-state index contributed by atoms with van der Waals surface area (Å²) < 4.78 is 5.79. The molecule has 0 bridgehead atoms. The van der Waals surface area contributed by atoms with Gasteiger partial charge in [0.2, 0.25) is 0 Å². The molecule has 0 unspecified atom stereocenters. The van der Waals surface area contributed by atoms with Gasteiger partial charge in [-0.1, -0.05) is 12.6 Å². The number of rotatable bonds is 3. The van der Waals surface area contributed by atoms with Crippen molar-refractivity contribution in [2.45, 2.75) is 13.8 Å². The van der Waals surface area contributed by atoms with Crippen LogP contribution in [0.1, 0.15) is 18.2 Å². The van der Waals surface area contributed by atoms with Gasteiger partial charge in [-0.25, -0.2) is 0 Å². The summed E-state index contributed by atoms with van der Waals surface area (Å²) in [6.07, 6.45) is 0. The number of nitrogens with zero attached hydrogens (tertiary/aromatic N) is 1. The number of anilines is 1. The number of fused-ring (bicyclic) bond motifs is 1. The maximum absolute atomic E-state index is 12.1. The first-order valence-corrected chi connectivity index (χ1v) is 7.71. The van der Waals surface area contributed by atoms with E-state index in [1.165, 1.54) is 6.07 Å². The van der Waals surface area contributed by atoms with Crippen molar-refractivity contribution >= 4 is 22.4 Å². The molecular formula is C21H21NO2Y-2. The van der Waals surface area contributed by atoms with E-state index in [9.17, 15) is 4.79 Å². The van der Waals surface area contributed by atoms with E-state index in [1.54, 1.807) is 19.9 Å². The first-order chi connectivity index (χ1) is 11.6. The van der Waals surface area contributed by atoms with Crippen LogP contribution in [-0.4, -0.2) is 7.05 Å². The molecule has 2 aromatic carbocycles. The summed E-state index contributed by atoms with van der Waals surface area (Å²) in [4.78, 5) is 14.0. The summed E-state index contributed by atoms with van der Waals surface area (Å²) in [5.74, 6) is 0.596. The number of benzene rings is 2. The van der Waals surface area contributed by atoms with Crippen molar-refractivity contribution in [3.63, 3.8) is 0 Å². The van der Waals surface area contributed by atoms with Crippen molar-refractivity contribution in [1.29, 1.82) is 0 Å². The van der Waals surface area contributed by atoms with E-state index >= 15 is 0 Å². The molecule has 1 heterocycles. The molecule has 0 atom stereocenters. The van der Waals surface area contributed by atoms with E-state index in [4.69, 9.17) is 4.42 Å². The van der Waals surface area contributed by atoms with E-state index in [0.717, 1.165) is 16.9 Å². The number of hydrogen-bond acceptors (Lipinski definition) is 3. The maximum atomic E-state index is 12.1. The molecule has 0 spiro atoms. The van der Waals surface area contributed by atoms with Crippen LogP contribution < -0.4 is 10.3 Å². The second kappa shape index (κ2) is 9.69. The van der Waals surface area contributed by atoms with E-state index in [1.807, 2.05) is 48.3 Å². The molecule has 0 N–H and O–H groups in total. The van der Waals surface area contributed by atoms with Crippen molar-refractivity contribution < 1.29 is 37.1 Å². The molecule has 0 amide bonds. The Balaban J connectivity index is 0.00000101. The minimum atomic E-state index is -0.0334. The Morgan fingerprint density at radius 1 is 1.20 bits per heavy atom. The van der Waals surface area contributed by atoms with Gasteiger partial charge in [0.25, 0.3) is 0 Å². The Kier molecular flexibility index (Phi) is 8.27. The monoisotopic (exact) mass is 408 g/mol. The van der Waals surface area contributed by atoms with Crippen LogP contribution in [0.5, 0.6) is 0 Å². The van der Waals surface area contributed by atoms with Gasteiger partial charge in [0.1, 0.15) is 5.76 Å². The quantitative estimate of drug-likeness (QED) is 0.582. The van der Waals surface area contributed by atoms with Gasteiger partial charge in [-0.05, 0) is 19.1 Å². The minimum Gasteiger partial charge on any atom is -0.459 e. The predicted octanol–water partition coefficient (Wildman–Crippen LogP) is 4.85. The molecule has 0 aliphatic rings. The van der Waals surface area contributed by atoms with Crippen molar-refractivity contribution in [2.24, 2.45) is 0 Å². The average molecular weight is 408 g/mol. The summed E-state index contributed by atoms with van der Waals surface area (Å²) in [5, 5.41) is 0.573. The van der Waals surface area contributed by atoms with E-state index in [0.29, 0.717) is 16.7 Å². The molecule has 1 radical (unpaired) electrons. The Hall–Kier alpha value is -1.71. The number of aryl methyl sites for hydroxylation is 1. The van der Waals surface area contributed by atoms with Gasteiger partial charge in [-0.2, -0.15) is 37.3 Å². The third-order valence-corrected chi connectivity index (χ3v) is 3.67. The van der Waals surface area contributed by atoms with Gasteiger partial charge in [0.15, 0.2) is 11.0 Å². The molecule has 0 saturated heterocycles. The Morgan fingerprint density at radius 2 is 1.84 bits per heavy atom. The number of para-hydroxylation sites is 1. The van der Waals surface area contributed by atoms with Crippen LogP contribution in [-0.2, 0) is 32.7 Å². The van der Waals surface area contributed by atoms with Gasteiger partial charge >= 0.3 is 0 Å². The van der Waals surface area contributed by atoms with Crippen molar-refractivity contribution in [3.8, 4) is 0 Å². The van der Waals surface area contributed by atoms with Crippen LogP contribution in [0, 0.1) is 19.9 Å². The summed E-state index contributed by atoms with van der Waals surface area (Å²) in [6.45, 7) is 10.9. The fourth-order valence-corrected chi connectivity index (χ4v) is 2.46. The fourth-order valence-electron chi connectivity index (χ4n) is 2.46. The molecule has 4 heteroatoms. The summed E-state index contributed by atoms with van der Waals surface area (Å²) in [6, 6.07) is 17.6. The first kappa shape index (κ1) is 21.3. The summed E-state index contributed by atoms with van der Waals surface area (Å²) in [7, 11) is 1.91. The first-order valence-electron chi connectivity index (χ1n) is 7.71. The molecule has 0 aliphatic carbocycles. The normalized spacial score (nSPS) is 9.60.